The van der Waals surface area contributed by atoms with Crippen molar-refractivity contribution >= 4 is 16.7 Å². The van der Waals surface area contributed by atoms with Gasteiger partial charge >= 0.3 is 5.97 Å². The lowest BCUT2D eigenvalue weighted by atomic mass is 9.91. The molecule has 0 radical (unpaired) electrons. The van der Waals surface area contributed by atoms with E-state index in [0.29, 0.717) is 5.56 Å². The lowest BCUT2D eigenvalue weighted by Gasteiger charge is -2.20. The van der Waals surface area contributed by atoms with Crippen LogP contribution in [-0.4, -0.2) is 18.2 Å². The number of aliphatic carboxylic acids is 1. The molecule has 0 saturated heterocycles. The molecule has 1 unspecified atom stereocenters. The van der Waals surface area contributed by atoms with Crippen LogP contribution < -0.4 is 10.5 Å². The molecule has 0 amide bonds. The maximum atomic E-state index is 11.1. The third-order valence-electron chi connectivity index (χ3n) is 3.09. The van der Waals surface area contributed by atoms with Crippen LogP contribution in [0.15, 0.2) is 36.4 Å². The van der Waals surface area contributed by atoms with Gasteiger partial charge in [-0.3, -0.25) is 0 Å². The Morgan fingerprint density at radius 2 is 1.83 bits per heavy atom. The van der Waals surface area contributed by atoms with Crippen LogP contribution in [0.3, 0.4) is 0 Å². The van der Waals surface area contributed by atoms with Crippen molar-refractivity contribution < 1.29 is 14.6 Å². The fraction of sp³-hybridized carbons (Fsp3) is 0.214. The Bertz CT molecular complexity index is 605. The predicted octanol–water partition coefficient (Wildman–Crippen LogP) is 2.11. The molecule has 18 heavy (non-hydrogen) atoms. The highest BCUT2D eigenvalue weighted by atomic mass is 16.5. The first-order valence-corrected chi connectivity index (χ1v) is 5.55. The summed E-state index contributed by atoms with van der Waals surface area (Å²) in [4.78, 5) is 11.1. The van der Waals surface area contributed by atoms with E-state index in [4.69, 9.17) is 15.6 Å². The van der Waals surface area contributed by atoms with Gasteiger partial charge in [-0.25, -0.2) is 4.79 Å². The summed E-state index contributed by atoms with van der Waals surface area (Å²) < 4.78 is 5.14. The van der Waals surface area contributed by atoms with Crippen LogP contribution in [0.25, 0.3) is 10.8 Å². The zero-order valence-electron chi connectivity index (χ0n) is 10.3. The van der Waals surface area contributed by atoms with Gasteiger partial charge in [-0.1, -0.05) is 18.2 Å². The van der Waals surface area contributed by atoms with Crippen LogP contribution in [-0.2, 0) is 10.3 Å². The largest absolute Gasteiger partial charge is 0.497 e. The van der Waals surface area contributed by atoms with Crippen LogP contribution in [0.1, 0.15) is 12.5 Å². The summed E-state index contributed by atoms with van der Waals surface area (Å²) in [5.74, 6) is -0.278. The average Bonchev–Trinajstić information content (AvgIpc) is 2.37. The Balaban J connectivity index is 2.55. The highest BCUT2D eigenvalue weighted by Gasteiger charge is 2.30. The molecule has 3 N–H and O–H groups in total. The highest BCUT2D eigenvalue weighted by Crippen LogP contribution is 2.26. The molecule has 4 heteroatoms. The summed E-state index contributed by atoms with van der Waals surface area (Å²) in [5.41, 5.74) is 5.00. The Kier molecular flexibility index (Phi) is 2.97. The average molecular weight is 245 g/mol. The summed E-state index contributed by atoms with van der Waals surface area (Å²) in [6.45, 7) is 1.49. The summed E-state index contributed by atoms with van der Waals surface area (Å²) in [6.07, 6.45) is 0. The van der Waals surface area contributed by atoms with Gasteiger partial charge in [-0.05, 0) is 41.5 Å². The molecule has 2 aromatic rings. The molecule has 94 valence electrons. The Morgan fingerprint density at radius 3 is 2.44 bits per heavy atom. The number of carboxylic acids is 1. The maximum absolute atomic E-state index is 11.1. The number of hydrogen-bond acceptors (Lipinski definition) is 3. The first kappa shape index (κ1) is 12.4. The summed E-state index contributed by atoms with van der Waals surface area (Å²) in [5, 5.41) is 11.0. The molecule has 0 fully saturated rings. The smallest absolute Gasteiger partial charge is 0.328 e. The molecule has 0 bridgehead atoms. The second kappa shape index (κ2) is 4.31. The van der Waals surface area contributed by atoms with Crippen molar-refractivity contribution in [2.24, 2.45) is 5.73 Å². The van der Waals surface area contributed by atoms with Gasteiger partial charge in [0.25, 0.3) is 0 Å². The normalized spacial score (nSPS) is 14.2. The second-order valence-corrected chi connectivity index (χ2v) is 4.44. The fourth-order valence-corrected chi connectivity index (χ4v) is 1.80. The number of ether oxygens (including phenoxy) is 1. The molecular weight excluding hydrogens is 230 g/mol. The van der Waals surface area contributed by atoms with Crippen LogP contribution in [0, 0.1) is 0 Å². The number of methoxy groups -OCH3 is 1. The molecule has 0 aromatic heterocycles. The molecule has 2 aromatic carbocycles. The van der Waals surface area contributed by atoms with Gasteiger partial charge in [0.05, 0.1) is 7.11 Å². The highest BCUT2D eigenvalue weighted by molar-refractivity contribution is 5.87. The van der Waals surface area contributed by atoms with E-state index < -0.39 is 11.5 Å². The van der Waals surface area contributed by atoms with Crippen LogP contribution in [0.2, 0.25) is 0 Å². The lowest BCUT2D eigenvalue weighted by molar-refractivity contribution is -0.143. The van der Waals surface area contributed by atoms with Gasteiger partial charge in [0, 0.05) is 0 Å². The standard InChI is InChI=1S/C14H15NO3/c1-14(15,13(16)17)11-5-3-10-8-12(18-2)6-4-9(10)7-11/h3-8H,15H2,1-2H3,(H,16,17). The number of benzene rings is 2. The number of fused-ring (bicyclic) bond motifs is 1. The zero-order chi connectivity index (χ0) is 13.3. The topological polar surface area (TPSA) is 72.5 Å². The molecule has 0 spiro atoms. The molecule has 0 heterocycles. The van der Waals surface area contributed by atoms with Crippen molar-refractivity contribution in [1.29, 1.82) is 0 Å². The van der Waals surface area contributed by atoms with Crippen LogP contribution in [0.4, 0.5) is 0 Å². The number of carboxylic acid groups (broad SMARTS) is 1. The van der Waals surface area contributed by atoms with Crippen LogP contribution >= 0.6 is 0 Å². The second-order valence-electron chi connectivity index (χ2n) is 4.44. The first-order chi connectivity index (χ1) is 8.45. The van der Waals surface area contributed by atoms with E-state index in [0.717, 1.165) is 16.5 Å². The Morgan fingerprint density at radius 1 is 1.22 bits per heavy atom. The van der Waals surface area contributed by atoms with E-state index in [9.17, 15) is 4.79 Å². The minimum atomic E-state index is -1.38. The molecule has 1 atom stereocenters. The number of carbonyl (C=O) groups is 1. The summed E-state index contributed by atoms with van der Waals surface area (Å²) in [7, 11) is 1.61. The predicted molar refractivity (Wildman–Crippen MR) is 69.7 cm³/mol. The van der Waals surface area contributed by atoms with Crippen molar-refractivity contribution in [2.45, 2.75) is 12.5 Å². The van der Waals surface area contributed by atoms with E-state index >= 15 is 0 Å². The molecular formula is C14H15NO3. The van der Waals surface area contributed by atoms with Gasteiger partial charge in [0.15, 0.2) is 0 Å². The van der Waals surface area contributed by atoms with Crippen molar-refractivity contribution in [3.63, 3.8) is 0 Å². The van der Waals surface area contributed by atoms with Crippen molar-refractivity contribution in [3.8, 4) is 5.75 Å². The monoisotopic (exact) mass is 245 g/mol. The minimum Gasteiger partial charge on any atom is -0.497 e. The van der Waals surface area contributed by atoms with Gasteiger partial charge in [0.2, 0.25) is 0 Å². The van der Waals surface area contributed by atoms with E-state index in [-0.39, 0.29) is 0 Å². The fourth-order valence-electron chi connectivity index (χ4n) is 1.80. The lowest BCUT2D eigenvalue weighted by Crippen LogP contribution is -2.41. The Hall–Kier alpha value is -2.07. The third kappa shape index (κ3) is 2.02. The van der Waals surface area contributed by atoms with Gasteiger partial charge in [-0.2, -0.15) is 0 Å². The van der Waals surface area contributed by atoms with Gasteiger partial charge in [-0.15, -0.1) is 0 Å². The molecule has 0 aliphatic rings. The van der Waals surface area contributed by atoms with Gasteiger partial charge in [0.1, 0.15) is 11.3 Å². The van der Waals surface area contributed by atoms with Crippen LogP contribution in [0.5, 0.6) is 5.75 Å². The summed E-state index contributed by atoms with van der Waals surface area (Å²) in [6, 6.07) is 11.0. The summed E-state index contributed by atoms with van der Waals surface area (Å²) >= 11 is 0. The minimum absolute atomic E-state index is 0.577. The molecule has 0 aliphatic carbocycles. The molecule has 0 saturated carbocycles. The van der Waals surface area contributed by atoms with E-state index in [1.54, 1.807) is 19.2 Å². The van der Waals surface area contributed by atoms with E-state index in [2.05, 4.69) is 0 Å². The van der Waals surface area contributed by atoms with Crippen molar-refractivity contribution in [3.05, 3.63) is 42.0 Å². The van der Waals surface area contributed by atoms with Gasteiger partial charge < -0.3 is 15.6 Å². The zero-order valence-corrected chi connectivity index (χ0v) is 10.3. The molecule has 2 rings (SSSR count). The van der Waals surface area contributed by atoms with E-state index in [1.165, 1.54) is 6.92 Å². The molecule has 0 aliphatic heterocycles. The molecule has 4 nitrogen and oxygen atoms in total. The Labute approximate surface area is 105 Å². The first-order valence-electron chi connectivity index (χ1n) is 5.55. The van der Waals surface area contributed by atoms with Crippen molar-refractivity contribution in [1.82, 2.24) is 0 Å². The quantitative estimate of drug-likeness (QED) is 0.868. The maximum Gasteiger partial charge on any atom is 0.328 e. The number of hydrogen-bond donors (Lipinski definition) is 2. The number of rotatable bonds is 3. The third-order valence-corrected chi connectivity index (χ3v) is 3.09. The number of nitrogens with two attached hydrogens (primary N) is 1. The van der Waals surface area contributed by atoms with Crippen molar-refractivity contribution in [2.75, 3.05) is 7.11 Å². The van der Waals surface area contributed by atoms with E-state index in [1.807, 2.05) is 24.3 Å². The SMILES string of the molecule is COc1ccc2cc(C(C)(N)C(=O)O)ccc2c1.